The predicted molar refractivity (Wildman–Crippen MR) is 252 cm³/mol. The number of nitrogens with two attached hydrogens (primary N) is 1. The zero-order chi connectivity index (χ0) is 47.8. The van der Waals surface area contributed by atoms with Gasteiger partial charge in [0.2, 0.25) is 0 Å². The van der Waals surface area contributed by atoms with Crippen LogP contribution in [0.3, 0.4) is 0 Å². The highest BCUT2D eigenvalue weighted by molar-refractivity contribution is 6.18. The van der Waals surface area contributed by atoms with Crippen LogP contribution in [0.25, 0.3) is 66.8 Å². The normalized spacial score (nSPS) is 11.3. The Hall–Kier alpha value is -7.11. The maximum atomic E-state index is 12.3. The molecule has 0 aliphatic carbocycles. The molecule has 4 N–H and O–H groups in total. The molecule has 0 saturated carbocycles. The van der Waals surface area contributed by atoms with E-state index in [0.29, 0.717) is 42.1 Å². The lowest BCUT2D eigenvalue weighted by Gasteiger charge is -2.11. The van der Waals surface area contributed by atoms with Crippen LogP contribution in [0.1, 0.15) is 19.3 Å². The molecule has 348 valence electrons. The van der Waals surface area contributed by atoms with Gasteiger partial charge >= 0.3 is 12.4 Å². The number of pyridine rings is 2. The Morgan fingerprint density at radius 1 is 0.537 bits per heavy atom. The number of hydrogen-bond donors (Lipinski definition) is 3. The van der Waals surface area contributed by atoms with Crippen LogP contribution in [0, 0.1) is 0 Å². The second kappa shape index (κ2) is 23.4. The summed E-state index contributed by atoms with van der Waals surface area (Å²) in [5.74, 6) is 4.61. The largest absolute Gasteiger partial charge is 0.494 e. The van der Waals surface area contributed by atoms with Gasteiger partial charge in [0.25, 0.3) is 0 Å². The molecule has 8 aromatic rings. The average Bonchev–Trinajstić information content (AvgIpc) is 3.35. The highest BCUT2D eigenvalue weighted by atomic mass is 35.5. The van der Waals surface area contributed by atoms with E-state index in [4.69, 9.17) is 26.1 Å². The van der Waals surface area contributed by atoms with Gasteiger partial charge < -0.3 is 25.8 Å². The smallest absolute Gasteiger partial charge is 0.400 e. The number of anilines is 2. The number of rotatable bonds is 14. The summed E-state index contributed by atoms with van der Waals surface area (Å²) in [6.45, 7) is -0.503. The lowest BCUT2D eigenvalue weighted by molar-refractivity contribution is -0.135. The number of aromatic nitrogens is 6. The molecule has 4 heterocycles. The van der Waals surface area contributed by atoms with Gasteiger partial charge in [0.15, 0.2) is 11.6 Å². The summed E-state index contributed by atoms with van der Waals surface area (Å²) in [5.41, 5.74) is 11.6. The number of nitrogens with one attached hydrogen (secondary N) is 2. The number of ether oxygens (including phenoxy) is 2. The molecule has 0 amide bonds. The molecular weight excluding hydrogens is 896 g/mol. The van der Waals surface area contributed by atoms with Crippen molar-refractivity contribution in [2.75, 3.05) is 50.4 Å². The third-order valence-corrected chi connectivity index (χ3v) is 9.89. The molecule has 0 atom stereocenters. The van der Waals surface area contributed by atoms with Crippen LogP contribution in [0.15, 0.2) is 134 Å². The highest BCUT2D eigenvalue weighted by Crippen LogP contribution is 2.33. The van der Waals surface area contributed by atoms with Crippen LogP contribution in [-0.4, -0.2) is 82.0 Å². The number of hydrogen-bond acceptors (Lipinski definition) is 11. The standard InChI is InChI=1S/C25H23F3N4O.C22H19ClN4O.C2H4F3N/c1-29-24-21-15-18(9-10-22(21)31-23(32-24)19-7-5-12-30-16-19)17-6-4-8-20(14-17)33-13-3-2-11-25(26,27)28;1-24-22-19-13-16(15-4-2-6-18(12-15)28-11-9-23)7-8-20(19)26-21(27-22)17-5-3-10-25-14-17;3-2(4,5)1-6/h4-10,12,14-16H,2-3,11,13H2,1H3,(H,29,31,32);2-8,10,12-14H,9,11H2,1H3,(H,24,26,27);1,6H2. The molecule has 0 fully saturated rings. The van der Waals surface area contributed by atoms with E-state index in [1.54, 1.807) is 30.9 Å². The summed E-state index contributed by atoms with van der Waals surface area (Å²) in [6, 6.07) is 35.2. The van der Waals surface area contributed by atoms with Gasteiger partial charge in [-0.05, 0) is 108 Å². The van der Waals surface area contributed by atoms with Gasteiger partial charge in [-0.25, -0.2) is 19.9 Å². The molecule has 0 unspecified atom stereocenters. The van der Waals surface area contributed by atoms with Crippen molar-refractivity contribution in [2.45, 2.75) is 31.6 Å². The van der Waals surface area contributed by atoms with Crippen LogP contribution in [0.2, 0.25) is 0 Å². The minimum Gasteiger partial charge on any atom is -0.494 e. The zero-order valence-corrected chi connectivity index (χ0v) is 37.1. The molecule has 0 bridgehead atoms. The van der Waals surface area contributed by atoms with E-state index < -0.39 is 25.3 Å². The minimum atomic E-state index is -4.18. The van der Waals surface area contributed by atoms with Gasteiger partial charge in [-0.3, -0.25) is 9.97 Å². The van der Waals surface area contributed by atoms with Crippen LogP contribution in [-0.2, 0) is 0 Å². The van der Waals surface area contributed by atoms with Crippen molar-refractivity contribution in [3.05, 3.63) is 134 Å². The highest BCUT2D eigenvalue weighted by Gasteiger charge is 2.26. The number of unbranched alkanes of at least 4 members (excludes halogenated alkanes) is 1. The first-order chi connectivity index (χ1) is 32.3. The summed E-state index contributed by atoms with van der Waals surface area (Å²) in [6.07, 6.45) is -1.75. The Morgan fingerprint density at radius 3 is 1.39 bits per heavy atom. The van der Waals surface area contributed by atoms with Crippen molar-refractivity contribution >= 4 is 45.0 Å². The van der Waals surface area contributed by atoms with Crippen molar-refractivity contribution < 1.29 is 35.8 Å². The molecule has 67 heavy (non-hydrogen) atoms. The van der Waals surface area contributed by atoms with Crippen LogP contribution in [0.5, 0.6) is 11.5 Å². The number of fused-ring (bicyclic) bond motifs is 2. The SMILES string of the molecule is CNc1nc(-c2cccnc2)nc2ccc(-c3cccc(OCCCCC(F)(F)F)c3)cc12.CNc1nc(-c2cccnc2)nc2ccc(-c3cccc(OCCCl)c3)cc12.NCC(F)(F)F. The number of nitrogens with zero attached hydrogens (tertiary/aromatic N) is 6. The van der Waals surface area contributed by atoms with E-state index in [-0.39, 0.29) is 13.0 Å². The van der Waals surface area contributed by atoms with Gasteiger partial charge in [0.05, 0.1) is 30.1 Å². The molecule has 0 aliphatic rings. The first kappa shape index (κ1) is 49.3. The van der Waals surface area contributed by atoms with Gasteiger partial charge in [0, 0.05) is 67.2 Å². The monoisotopic (exact) mass is 941 g/mol. The molecule has 11 nitrogen and oxygen atoms in total. The van der Waals surface area contributed by atoms with Crippen LogP contribution < -0.4 is 25.8 Å². The van der Waals surface area contributed by atoms with E-state index in [1.807, 2.05) is 99.0 Å². The third-order valence-electron chi connectivity index (χ3n) is 9.74. The first-order valence-electron chi connectivity index (χ1n) is 20.9. The first-order valence-corrected chi connectivity index (χ1v) is 21.5. The van der Waals surface area contributed by atoms with Crippen LogP contribution in [0.4, 0.5) is 38.0 Å². The molecule has 4 aromatic carbocycles. The topological polar surface area (TPSA) is 146 Å². The van der Waals surface area contributed by atoms with Gasteiger partial charge in [-0.2, -0.15) is 26.3 Å². The summed E-state index contributed by atoms with van der Waals surface area (Å²) < 4.78 is 80.1. The average molecular weight is 942 g/mol. The van der Waals surface area contributed by atoms with E-state index in [2.05, 4.69) is 59.5 Å². The van der Waals surface area contributed by atoms with Crippen molar-refractivity contribution in [3.63, 3.8) is 0 Å². The molecule has 4 aromatic heterocycles. The number of alkyl halides is 7. The second-order valence-corrected chi connectivity index (χ2v) is 15.0. The second-order valence-electron chi connectivity index (χ2n) is 14.6. The van der Waals surface area contributed by atoms with E-state index in [1.165, 1.54) is 0 Å². The summed E-state index contributed by atoms with van der Waals surface area (Å²) in [7, 11) is 3.68. The van der Waals surface area contributed by atoms with Gasteiger partial charge in [0.1, 0.15) is 29.7 Å². The number of benzene rings is 4. The van der Waals surface area contributed by atoms with Crippen molar-refractivity contribution in [1.82, 2.24) is 29.9 Å². The van der Waals surface area contributed by atoms with Crippen molar-refractivity contribution in [1.29, 1.82) is 0 Å². The molecule has 18 heteroatoms. The lowest BCUT2D eigenvalue weighted by atomic mass is 10.0. The van der Waals surface area contributed by atoms with E-state index >= 15 is 0 Å². The fraction of sp³-hybridized carbons (Fsp3) is 0.224. The Kier molecular flexibility index (Phi) is 17.2. The Morgan fingerprint density at radius 2 is 0.985 bits per heavy atom. The molecule has 0 spiro atoms. The number of halogens is 7. The van der Waals surface area contributed by atoms with Crippen LogP contribution >= 0.6 is 11.6 Å². The zero-order valence-electron chi connectivity index (χ0n) is 36.4. The minimum absolute atomic E-state index is 0.0572. The van der Waals surface area contributed by atoms with E-state index in [0.717, 1.165) is 66.8 Å². The lowest BCUT2D eigenvalue weighted by Crippen LogP contribution is -2.21. The third kappa shape index (κ3) is 14.4. The summed E-state index contributed by atoms with van der Waals surface area (Å²) in [5, 5.41) is 8.17. The van der Waals surface area contributed by atoms with E-state index in [9.17, 15) is 26.3 Å². The molecule has 0 aliphatic heterocycles. The molecule has 0 radical (unpaired) electrons. The molecule has 0 saturated heterocycles. The predicted octanol–water partition coefficient (Wildman–Crippen LogP) is 12.0. The fourth-order valence-corrected chi connectivity index (χ4v) is 6.63. The fourth-order valence-electron chi connectivity index (χ4n) is 6.55. The summed E-state index contributed by atoms with van der Waals surface area (Å²) >= 11 is 5.71. The van der Waals surface area contributed by atoms with Gasteiger partial charge in [-0.15, -0.1) is 11.6 Å². The maximum Gasteiger partial charge on any atom is 0.400 e. The van der Waals surface area contributed by atoms with Crippen molar-refractivity contribution in [2.24, 2.45) is 5.73 Å². The van der Waals surface area contributed by atoms with Gasteiger partial charge in [-0.1, -0.05) is 36.4 Å². The summed E-state index contributed by atoms with van der Waals surface area (Å²) in [4.78, 5) is 27.0. The molecular formula is C49H46ClF6N9O2. The molecule has 8 rings (SSSR count). The Labute approximate surface area is 387 Å². The van der Waals surface area contributed by atoms with Crippen molar-refractivity contribution in [3.8, 4) is 56.5 Å². The maximum absolute atomic E-state index is 12.3. The quantitative estimate of drug-likeness (QED) is 0.0544. The Bertz CT molecular complexity index is 2840. The Balaban J connectivity index is 0.000000199.